The number of nitrogens with zero attached hydrogens (tertiary/aromatic N) is 2. The van der Waals surface area contributed by atoms with Crippen LogP contribution in [0.15, 0.2) is 53.5 Å². The third-order valence-corrected chi connectivity index (χ3v) is 4.88. The van der Waals surface area contributed by atoms with Crippen LogP contribution in [0.1, 0.15) is 30.9 Å². The van der Waals surface area contributed by atoms with E-state index in [4.69, 9.17) is 0 Å². The molecule has 150 valence electrons. The van der Waals surface area contributed by atoms with E-state index in [9.17, 15) is 9.50 Å². The van der Waals surface area contributed by atoms with E-state index in [2.05, 4.69) is 27.8 Å². The molecule has 0 atom stereocenters. The molecule has 1 heterocycles. The summed E-state index contributed by atoms with van der Waals surface area (Å²) in [6.07, 6.45) is 1.11. The number of aliphatic hydroxyl groups excluding tert-OH is 1. The van der Waals surface area contributed by atoms with E-state index in [1.807, 2.05) is 42.2 Å². The number of aliphatic imine (C=N–C) groups is 1. The van der Waals surface area contributed by atoms with Crippen LogP contribution in [0.4, 0.5) is 10.1 Å². The van der Waals surface area contributed by atoms with Crippen LogP contribution < -0.4 is 15.5 Å². The average Bonchev–Trinajstić information content (AvgIpc) is 2.72. The summed E-state index contributed by atoms with van der Waals surface area (Å²) in [6, 6.07) is 15.4. The van der Waals surface area contributed by atoms with E-state index >= 15 is 0 Å². The van der Waals surface area contributed by atoms with Crippen molar-refractivity contribution in [3.8, 4) is 0 Å². The summed E-state index contributed by atoms with van der Waals surface area (Å²) >= 11 is 0. The number of nitrogens with one attached hydrogen (secondary N) is 2. The Hall–Kier alpha value is -2.60. The first-order chi connectivity index (χ1) is 13.7. The Morgan fingerprint density at radius 2 is 1.86 bits per heavy atom. The highest BCUT2D eigenvalue weighted by molar-refractivity contribution is 5.79. The molecule has 0 saturated carbocycles. The van der Waals surface area contributed by atoms with Crippen molar-refractivity contribution in [2.24, 2.45) is 4.99 Å². The van der Waals surface area contributed by atoms with E-state index in [-0.39, 0.29) is 11.9 Å². The Morgan fingerprint density at radius 1 is 1.11 bits per heavy atom. The molecule has 3 rings (SSSR count). The molecule has 5 nitrogen and oxygen atoms in total. The fourth-order valence-corrected chi connectivity index (χ4v) is 3.31. The molecule has 0 spiro atoms. The lowest BCUT2D eigenvalue weighted by atomic mass is 10.1. The van der Waals surface area contributed by atoms with E-state index in [1.54, 1.807) is 6.07 Å². The van der Waals surface area contributed by atoms with Crippen molar-refractivity contribution >= 4 is 11.6 Å². The lowest BCUT2D eigenvalue weighted by molar-refractivity contribution is 0.145. The number of piperidine rings is 1. The Balaban J connectivity index is 1.61. The van der Waals surface area contributed by atoms with Gasteiger partial charge in [-0.15, -0.1) is 0 Å². The predicted octanol–water partition coefficient (Wildman–Crippen LogP) is 3.04. The summed E-state index contributed by atoms with van der Waals surface area (Å²) in [7, 11) is 0. The number of guanidine groups is 1. The molecule has 3 N–H and O–H groups in total. The summed E-state index contributed by atoms with van der Waals surface area (Å²) in [5.41, 5.74) is 2.61. The minimum Gasteiger partial charge on any atom is -0.393 e. The molecule has 0 radical (unpaired) electrons. The molecule has 2 aromatic rings. The maximum atomic E-state index is 14.6. The number of halogens is 1. The van der Waals surface area contributed by atoms with Crippen molar-refractivity contribution in [1.82, 2.24) is 10.6 Å². The van der Waals surface area contributed by atoms with Crippen molar-refractivity contribution in [1.29, 1.82) is 0 Å². The minimum atomic E-state index is -0.263. The first kappa shape index (κ1) is 20.1. The number of hydrogen-bond donors (Lipinski definition) is 3. The first-order valence-corrected chi connectivity index (χ1v) is 9.93. The van der Waals surface area contributed by atoms with Gasteiger partial charge in [0.25, 0.3) is 0 Å². The van der Waals surface area contributed by atoms with Crippen LogP contribution in [0.2, 0.25) is 0 Å². The molecule has 0 bridgehead atoms. The quantitative estimate of drug-likeness (QED) is 0.529. The minimum absolute atomic E-state index is 0.230. The van der Waals surface area contributed by atoms with Gasteiger partial charge in [-0.3, -0.25) is 0 Å². The van der Waals surface area contributed by atoms with E-state index in [0.717, 1.165) is 12.1 Å². The van der Waals surface area contributed by atoms with Crippen LogP contribution in [0.5, 0.6) is 0 Å². The molecule has 1 fully saturated rings. The van der Waals surface area contributed by atoms with Gasteiger partial charge in [-0.05, 0) is 43.0 Å². The lowest BCUT2D eigenvalue weighted by Gasteiger charge is -2.31. The van der Waals surface area contributed by atoms with Gasteiger partial charge in [-0.25, -0.2) is 9.38 Å². The lowest BCUT2D eigenvalue weighted by Crippen LogP contribution is -2.36. The van der Waals surface area contributed by atoms with E-state index < -0.39 is 0 Å². The fourth-order valence-electron chi connectivity index (χ4n) is 3.31. The van der Waals surface area contributed by atoms with Gasteiger partial charge >= 0.3 is 0 Å². The number of hydrogen-bond acceptors (Lipinski definition) is 3. The van der Waals surface area contributed by atoms with Gasteiger partial charge in [-0.1, -0.05) is 36.4 Å². The normalized spacial score (nSPS) is 15.5. The largest absolute Gasteiger partial charge is 0.393 e. The number of benzene rings is 2. The van der Waals surface area contributed by atoms with Gasteiger partial charge < -0.3 is 20.6 Å². The third kappa shape index (κ3) is 5.70. The smallest absolute Gasteiger partial charge is 0.191 e. The standard InChI is InChI=1S/C22H29FN4O/c1-2-24-22(25-15-17-6-4-3-5-7-17)26-16-18-8-9-21(20(23)14-18)27-12-10-19(28)11-13-27/h3-9,14,19,28H,2,10-13,15-16H2,1H3,(H2,24,25,26). The van der Waals surface area contributed by atoms with Crippen LogP contribution in [-0.4, -0.2) is 36.8 Å². The van der Waals surface area contributed by atoms with Crippen molar-refractivity contribution in [3.05, 3.63) is 65.5 Å². The highest BCUT2D eigenvalue weighted by Gasteiger charge is 2.19. The zero-order valence-corrected chi connectivity index (χ0v) is 16.4. The van der Waals surface area contributed by atoms with Crippen molar-refractivity contribution in [2.75, 3.05) is 24.5 Å². The topological polar surface area (TPSA) is 59.9 Å². The van der Waals surface area contributed by atoms with Gasteiger partial charge in [0.1, 0.15) is 5.82 Å². The molecule has 0 aliphatic carbocycles. The van der Waals surface area contributed by atoms with E-state index in [0.29, 0.717) is 50.7 Å². The zero-order chi connectivity index (χ0) is 19.8. The second-order valence-electron chi connectivity index (χ2n) is 7.04. The molecular weight excluding hydrogens is 355 g/mol. The summed E-state index contributed by atoms with van der Waals surface area (Å²) in [6.45, 7) is 5.23. The molecular formula is C22H29FN4O. The third-order valence-electron chi connectivity index (χ3n) is 4.88. The van der Waals surface area contributed by atoms with Crippen LogP contribution in [-0.2, 0) is 13.1 Å². The van der Waals surface area contributed by atoms with Gasteiger partial charge in [0.15, 0.2) is 5.96 Å². The second kappa shape index (κ2) is 10.1. The highest BCUT2D eigenvalue weighted by Crippen LogP contribution is 2.24. The molecule has 0 amide bonds. The molecule has 1 saturated heterocycles. The summed E-state index contributed by atoms with van der Waals surface area (Å²) in [5.74, 6) is 0.479. The van der Waals surface area contributed by atoms with Gasteiger partial charge in [0.05, 0.1) is 18.3 Å². The first-order valence-electron chi connectivity index (χ1n) is 9.93. The number of aliphatic hydroxyl groups is 1. The van der Waals surface area contributed by atoms with Crippen LogP contribution in [0, 0.1) is 5.82 Å². The Kier molecular flexibility index (Phi) is 7.25. The number of rotatable bonds is 6. The SMILES string of the molecule is CCNC(=NCc1ccc(N2CCC(O)CC2)c(F)c1)NCc1ccccc1. The monoisotopic (exact) mass is 384 g/mol. The molecule has 1 aliphatic rings. The zero-order valence-electron chi connectivity index (χ0n) is 16.4. The molecule has 0 aromatic heterocycles. The second-order valence-corrected chi connectivity index (χ2v) is 7.04. The highest BCUT2D eigenvalue weighted by atomic mass is 19.1. The molecule has 28 heavy (non-hydrogen) atoms. The Bertz CT molecular complexity index is 773. The van der Waals surface area contributed by atoms with Crippen LogP contribution in [0.3, 0.4) is 0 Å². The van der Waals surface area contributed by atoms with Crippen LogP contribution >= 0.6 is 0 Å². The van der Waals surface area contributed by atoms with Crippen molar-refractivity contribution < 1.29 is 9.50 Å². The van der Waals surface area contributed by atoms with E-state index in [1.165, 1.54) is 5.56 Å². The maximum Gasteiger partial charge on any atom is 0.191 e. The predicted molar refractivity (Wildman–Crippen MR) is 112 cm³/mol. The Labute approximate surface area is 166 Å². The van der Waals surface area contributed by atoms with Crippen molar-refractivity contribution in [3.63, 3.8) is 0 Å². The fraction of sp³-hybridized carbons (Fsp3) is 0.409. The summed E-state index contributed by atoms with van der Waals surface area (Å²) in [5, 5.41) is 16.1. The van der Waals surface area contributed by atoms with Gasteiger partial charge in [0.2, 0.25) is 0 Å². The molecule has 6 heteroatoms. The molecule has 0 unspecified atom stereocenters. The van der Waals surface area contributed by atoms with Gasteiger partial charge in [-0.2, -0.15) is 0 Å². The maximum absolute atomic E-state index is 14.6. The average molecular weight is 384 g/mol. The summed E-state index contributed by atoms with van der Waals surface area (Å²) in [4.78, 5) is 6.57. The van der Waals surface area contributed by atoms with Gasteiger partial charge in [0, 0.05) is 26.2 Å². The number of anilines is 1. The van der Waals surface area contributed by atoms with Crippen molar-refractivity contribution in [2.45, 2.75) is 39.0 Å². The molecule has 2 aromatic carbocycles. The summed E-state index contributed by atoms with van der Waals surface area (Å²) < 4.78 is 14.6. The van der Waals surface area contributed by atoms with Crippen LogP contribution in [0.25, 0.3) is 0 Å². The molecule has 1 aliphatic heterocycles. The Morgan fingerprint density at radius 3 is 2.54 bits per heavy atom.